The molecular weight excluding hydrogens is 403 g/mol. The maximum Gasteiger partial charge on any atom is 0.236 e. The number of carbonyl (C=O) groups is 1. The fraction of sp³-hybridized carbons (Fsp3) is 0.0370. The third kappa shape index (κ3) is 4.01. The highest BCUT2D eigenvalue weighted by molar-refractivity contribution is 5.99. The molecule has 32 heavy (non-hydrogen) atoms. The predicted octanol–water partition coefficient (Wildman–Crippen LogP) is 6.40. The number of aromatic nitrogens is 1. The van der Waals surface area contributed by atoms with Crippen molar-refractivity contribution in [3.8, 4) is 11.5 Å². The highest BCUT2D eigenvalue weighted by Crippen LogP contribution is 2.29. The van der Waals surface area contributed by atoms with E-state index in [9.17, 15) is 9.18 Å². The number of carbonyl (C=O) groups excluding carboxylic acids is 1. The molecule has 5 rings (SSSR count). The quantitative estimate of drug-likeness (QED) is 0.356. The van der Waals surface area contributed by atoms with Crippen molar-refractivity contribution in [1.82, 2.24) is 4.98 Å². The molecule has 4 aromatic carbocycles. The largest absolute Gasteiger partial charge is 0.436 e. The molecule has 5 heteroatoms. The normalized spacial score (nSPS) is 11.1. The zero-order valence-electron chi connectivity index (χ0n) is 17.0. The monoisotopic (exact) mass is 422 g/mol. The van der Waals surface area contributed by atoms with Gasteiger partial charge in [0.1, 0.15) is 11.3 Å². The van der Waals surface area contributed by atoms with Crippen molar-refractivity contribution in [1.29, 1.82) is 0 Å². The summed E-state index contributed by atoms with van der Waals surface area (Å²) in [6.45, 7) is 0. The lowest BCUT2D eigenvalue weighted by Gasteiger charge is -2.18. The number of anilines is 1. The Balaban J connectivity index is 1.45. The summed E-state index contributed by atoms with van der Waals surface area (Å²) < 4.78 is 19.3. The van der Waals surface area contributed by atoms with E-state index in [-0.39, 0.29) is 11.7 Å². The predicted molar refractivity (Wildman–Crippen MR) is 123 cm³/mol. The molecule has 1 amide bonds. The first-order chi connectivity index (χ1) is 15.7. The van der Waals surface area contributed by atoms with Crippen LogP contribution in [0.2, 0.25) is 0 Å². The summed E-state index contributed by atoms with van der Waals surface area (Å²) in [4.78, 5) is 17.8. The van der Waals surface area contributed by atoms with E-state index in [1.54, 1.807) is 30.3 Å². The minimum absolute atomic E-state index is 0.143. The number of oxazole rings is 1. The Bertz CT molecular complexity index is 1340. The topological polar surface area (TPSA) is 55.1 Å². The van der Waals surface area contributed by atoms with Gasteiger partial charge in [-0.25, -0.2) is 9.37 Å². The maximum atomic E-state index is 13.6. The molecule has 156 valence electrons. The second kappa shape index (κ2) is 8.47. The van der Waals surface area contributed by atoms with Crippen molar-refractivity contribution in [3.63, 3.8) is 0 Å². The van der Waals surface area contributed by atoms with Crippen molar-refractivity contribution in [2.24, 2.45) is 0 Å². The Morgan fingerprint density at radius 3 is 2.16 bits per heavy atom. The molecule has 5 aromatic rings. The number of nitrogens with one attached hydrogen (secondary N) is 1. The minimum Gasteiger partial charge on any atom is -0.436 e. The average molecular weight is 422 g/mol. The molecule has 0 unspecified atom stereocenters. The summed E-state index contributed by atoms with van der Waals surface area (Å²) in [5.41, 5.74) is 4.13. The smallest absolute Gasteiger partial charge is 0.236 e. The zero-order chi connectivity index (χ0) is 21.9. The van der Waals surface area contributed by atoms with Gasteiger partial charge in [-0.3, -0.25) is 4.79 Å². The molecule has 1 aromatic heterocycles. The molecule has 0 atom stereocenters. The van der Waals surface area contributed by atoms with Crippen molar-refractivity contribution < 1.29 is 13.6 Å². The number of fused-ring (bicyclic) bond motifs is 1. The number of rotatable bonds is 5. The van der Waals surface area contributed by atoms with Crippen molar-refractivity contribution >= 4 is 22.7 Å². The van der Waals surface area contributed by atoms with Gasteiger partial charge >= 0.3 is 0 Å². The van der Waals surface area contributed by atoms with Crippen molar-refractivity contribution in [2.75, 3.05) is 5.32 Å². The van der Waals surface area contributed by atoms with Gasteiger partial charge in [-0.05, 0) is 47.5 Å². The molecule has 0 radical (unpaired) electrons. The van der Waals surface area contributed by atoms with Crippen molar-refractivity contribution in [3.05, 3.63) is 120 Å². The number of amides is 1. The van der Waals surface area contributed by atoms with Crippen LogP contribution in [0.15, 0.2) is 108 Å². The van der Waals surface area contributed by atoms with Gasteiger partial charge in [0.15, 0.2) is 5.58 Å². The van der Waals surface area contributed by atoms with E-state index < -0.39 is 5.92 Å². The van der Waals surface area contributed by atoms with Gasteiger partial charge in [0, 0.05) is 11.3 Å². The Morgan fingerprint density at radius 1 is 0.812 bits per heavy atom. The zero-order valence-corrected chi connectivity index (χ0v) is 17.0. The van der Waals surface area contributed by atoms with E-state index >= 15 is 0 Å². The molecule has 0 saturated carbocycles. The molecular formula is C27H19FN2O2. The van der Waals surface area contributed by atoms with Gasteiger partial charge in [0.25, 0.3) is 0 Å². The number of benzene rings is 4. The number of hydrogen-bond acceptors (Lipinski definition) is 3. The molecule has 4 nitrogen and oxygen atoms in total. The third-order valence-corrected chi connectivity index (χ3v) is 5.25. The fourth-order valence-corrected chi connectivity index (χ4v) is 3.75. The summed E-state index contributed by atoms with van der Waals surface area (Å²) in [7, 11) is 0. The van der Waals surface area contributed by atoms with Crippen LogP contribution in [0.1, 0.15) is 17.0 Å². The Kier molecular flexibility index (Phi) is 5.22. The number of nitrogens with zero attached hydrogens (tertiary/aromatic N) is 1. The summed E-state index contributed by atoms with van der Waals surface area (Å²) in [6.07, 6.45) is 0. The summed E-state index contributed by atoms with van der Waals surface area (Å²) in [5, 5.41) is 3.01. The molecule has 1 heterocycles. The Labute approximate surface area is 184 Å². The molecule has 0 fully saturated rings. The van der Waals surface area contributed by atoms with Gasteiger partial charge in [-0.2, -0.15) is 0 Å². The van der Waals surface area contributed by atoms with Crippen LogP contribution in [0.5, 0.6) is 0 Å². The SMILES string of the molecule is O=C(Nc1ccc2oc(-c3cccc(F)c3)nc2c1)C(c1ccccc1)c1ccccc1. The van der Waals surface area contributed by atoms with E-state index in [0.29, 0.717) is 28.2 Å². The van der Waals surface area contributed by atoms with Crippen LogP contribution in [0, 0.1) is 5.82 Å². The Hall–Kier alpha value is -4.25. The van der Waals surface area contributed by atoms with E-state index in [1.165, 1.54) is 12.1 Å². The van der Waals surface area contributed by atoms with E-state index in [2.05, 4.69) is 10.3 Å². The van der Waals surface area contributed by atoms with Crippen LogP contribution >= 0.6 is 0 Å². The van der Waals surface area contributed by atoms with Crippen LogP contribution < -0.4 is 5.32 Å². The van der Waals surface area contributed by atoms with Crippen LogP contribution in [0.4, 0.5) is 10.1 Å². The lowest BCUT2D eigenvalue weighted by Crippen LogP contribution is -2.22. The van der Waals surface area contributed by atoms with Crippen LogP contribution in [-0.4, -0.2) is 10.9 Å². The summed E-state index contributed by atoms with van der Waals surface area (Å²) >= 11 is 0. The second-order valence-electron chi connectivity index (χ2n) is 7.46. The summed E-state index contributed by atoms with van der Waals surface area (Å²) in [6, 6.07) is 30.7. The lowest BCUT2D eigenvalue weighted by molar-refractivity contribution is -0.116. The molecule has 0 saturated heterocycles. The third-order valence-electron chi connectivity index (χ3n) is 5.25. The molecule has 0 aliphatic carbocycles. The maximum absolute atomic E-state index is 13.6. The van der Waals surface area contributed by atoms with Gasteiger partial charge < -0.3 is 9.73 Å². The standard InChI is InChI=1S/C27H19FN2O2/c28-21-13-7-12-20(16-21)27-30-23-17-22(14-15-24(23)32-27)29-26(31)25(18-8-3-1-4-9-18)19-10-5-2-6-11-19/h1-17,25H,(H,29,31). The van der Waals surface area contributed by atoms with Gasteiger partial charge in [-0.15, -0.1) is 0 Å². The number of hydrogen-bond donors (Lipinski definition) is 1. The first-order valence-corrected chi connectivity index (χ1v) is 10.2. The molecule has 0 bridgehead atoms. The number of halogens is 1. The molecule has 0 aliphatic rings. The molecule has 0 aliphatic heterocycles. The summed E-state index contributed by atoms with van der Waals surface area (Å²) in [5.74, 6) is -0.621. The first-order valence-electron chi connectivity index (χ1n) is 10.2. The first kappa shape index (κ1) is 19.7. The Morgan fingerprint density at radius 2 is 1.50 bits per heavy atom. The van der Waals surface area contributed by atoms with Crippen LogP contribution in [-0.2, 0) is 4.79 Å². The lowest BCUT2D eigenvalue weighted by atomic mass is 9.90. The van der Waals surface area contributed by atoms with Gasteiger partial charge in [0.2, 0.25) is 11.8 Å². The van der Waals surface area contributed by atoms with E-state index in [4.69, 9.17) is 4.42 Å². The second-order valence-corrected chi connectivity index (χ2v) is 7.46. The molecule has 1 N–H and O–H groups in total. The van der Waals surface area contributed by atoms with Crippen molar-refractivity contribution in [2.45, 2.75) is 5.92 Å². The average Bonchev–Trinajstić information content (AvgIpc) is 3.24. The highest BCUT2D eigenvalue weighted by Gasteiger charge is 2.23. The van der Waals surface area contributed by atoms with E-state index in [0.717, 1.165) is 11.1 Å². The van der Waals surface area contributed by atoms with Crippen LogP contribution in [0.3, 0.4) is 0 Å². The minimum atomic E-state index is -0.451. The highest BCUT2D eigenvalue weighted by atomic mass is 19.1. The molecule has 0 spiro atoms. The van der Waals surface area contributed by atoms with Gasteiger partial charge in [0.05, 0.1) is 5.92 Å². The van der Waals surface area contributed by atoms with Gasteiger partial charge in [-0.1, -0.05) is 66.7 Å². The fourth-order valence-electron chi connectivity index (χ4n) is 3.75. The van der Waals surface area contributed by atoms with E-state index in [1.807, 2.05) is 60.7 Å². The van der Waals surface area contributed by atoms with Crippen LogP contribution in [0.25, 0.3) is 22.6 Å².